The fourth-order valence-electron chi connectivity index (χ4n) is 1.50. The first-order chi connectivity index (χ1) is 7.20. The molecule has 2 rings (SSSR count). The highest BCUT2D eigenvalue weighted by atomic mass is 35.5. The first kappa shape index (κ1) is 10.2. The second-order valence-electron chi connectivity index (χ2n) is 3.30. The van der Waals surface area contributed by atoms with Gasteiger partial charge in [0.25, 0.3) is 0 Å². The lowest BCUT2D eigenvalue weighted by Gasteiger charge is -1.98. The normalized spacial score (nSPS) is 10.6. The molecule has 0 atom stereocenters. The number of alkyl halides is 1. The molecule has 0 saturated heterocycles. The van der Waals surface area contributed by atoms with Gasteiger partial charge in [0.15, 0.2) is 0 Å². The zero-order valence-electron chi connectivity index (χ0n) is 8.24. The zero-order chi connectivity index (χ0) is 10.8. The van der Waals surface area contributed by atoms with Gasteiger partial charge in [-0.2, -0.15) is 5.10 Å². The molecule has 0 bridgehead atoms. The quantitative estimate of drug-likeness (QED) is 0.718. The highest BCUT2D eigenvalue weighted by molar-refractivity contribution is 6.17. The second-order valence-corrected chi connectivity index (χ2v) is 3.57. The van der Waals surface area contributed by atoms with Gasteiger partial charge < -0.3 is 0 Å². The van der Waals surface area contributed by atoms with Crippen molar-refractivity contribution in [2.45, 2.75) is 5.88 Å². The smallest absolute Gasteiger partial charge is 0.123 e. The molecule has 78 valence electrons. The van der Waals surface area contributed by atoms with Crippen LogP contribution in [-0.4, -0.2) is 9.78 Å². The molecule has 0 aliphatic carbocycles. The third-order valence-corrected chi connectivity index (χ3v) is 2.44. The molecule has 0 spiro atoms. The summed E-state index contributed by atoms with van der Waals surface area (Å²) in [5, 5.41) is 4.22. The van der Waals surface area contributed by atoms with Gasteiger partial charge in [-0.25, -0.2) is 4.39 Å². The fourth-order valence-corrected chi connectivity index (χ4v) is 1.70. The van der Waals surface area contributed by atoms with Crippen LogP contribution in [0.3, 0.4) is 0 Å². The number of aryl methyl sites for hydroxylation is 1. The molecule has 0 unspecified atom stereocenters. The molecule has 4 heteroatoms. The highest BCUT2D eigenvalue weighted by Crippen LogP contribution is 2.23. The molecular weight excluding hydrogens is 215 g/mol. The Hall–Kier alpha value is -1.35. The van der Waals surface area contributed by atoms with Gasteiger partial charge in [-0.1, -0.05) is 12.1 Å². The van der Waals surface area contributed by atoms with Crippen molar-refractivity contribution in [3.8, 4) is 11.1 Å². The van der Waals surface area contributed by atoms with E-state index in [1.165, 1.54) is 12.1 Å². The van der Waals surface area contributed by atoms with Gasteiger partial charge in [0.05, 0.1) is 11.6 Å². The van der Waals surface area contributed by atoms with Crippen LogP contribution in [-0.2, 0) is 12.9 Å². The standard InChI is InChI=1S/C11H10ClFN2/c1-15-7-10(11(6-12)14-15)8-2-4-9(13)5-3-8/h2-5,7H,6H2,1H3. The molecule has 0 amide bonds. The van der Waals surface area contributed by atoms with Crippen LogP contribution >= 0.6 is 11.6 Å². The molecule has 15 heavy (non-hydrogen) atoms. The summed E-state index contributed by atoms with van der Waals surface area (Å²) < 4.78 is 14.4. The Morgan fingerprint density at radius 3 is 2.60 bits per heavy atom. The van der Waals surface area contributed by atoms with Crippen LogP contribution in [0.25, 0.3) is 11.1 Å². The van der Waals surface area contributed by atoms with Crippen molar-refractivity contribution in [1.29, 1.82) is 0 Å². The van der Waals surface area contributed by atoms with Crippen molar-refractivity contribution >= 4 is 11.6 Å². The lowest BCUT2D eigenvalue weighted by Crippen LogP contribution is -1.88. The number of aromatic nitrogens is 2. The minimum Gasteiger partial charge on any atom is -0.275 e. The van der Waals surface area contributed by atoms with Crippen LogP contribution in [0.2, 0.25) is 0 Å². The summed E-state index contributed by atoms with van der Waals surface area (Å²) in [6.45, 7) is 0. The maximum absolute atomic E-state index is 12.7. The summed E-state index contributed by atoms with van der Waals surface area (Å²) in [6.07, 6.45) is 1.88. The van der Waals surface area contributed by atoms with E-state index in [1.54, 1.807) is 16.8 Å². The summed E-state index contributed by atoms with van der Waals surface area (Å²) in [6, 6.07) is 6.31. The van der Waals surface area contributed by atoms with E-state index in [-0.39, 0.29) is 5.82 Å². The van der Waals surface area contributed by atoms with E-state index in [1.807, 2.05) is 13.2 Å². The topological polar surface area (TPSA) is 17.8 Å². The molecule has 0 N–H and O–H groups in total. The Morgan fingerprint density at radius 2 is 2.00 bits per heavy atom. The molecule has 0 fully saturated rings. The van der Waals surface area contributed by atoms with Crippen molar-refractivity contribution in [3.05, 3.63) is 42.0 Å². The first-order valence-corrected chi connectivity index (χ1v) is 5.08. The second kappa shape index (κ2) is 4.03. The predicted octanol–water partition coefficient (Wildman–Crippen LogP) is 2.97. The van der Waals surface area contributed by atoms with Crippen molar-refractivity contribution in [1.82, 2.24) is 9.78 Å². The van der Waals surface area contributed by atoms with Gasteiger partial charge in [0, 0.05) is 18.8 Å². The number of halogens is 2. The lowest BCUT2D eigenvalue weighted by atomic mass is 10.1. The third kappa shape index (κ3) is 2.02. The van der Waals surface area contributed by atoms with Crippen molar-refractivity contribution < 1.29 is 4.39 Å². The minimum atomic E-state index is -0.241. The summed E-state index contributed by atoms with van der Waals surface area (Å²) in [7, 11) is 1.84. The Kier molecular flexibility index (Phi) is 2.73. The Bertz CT molecular complexity index is 462. The van der Waals surface area contributed by atoms with Crippen LogP contribution < -0.4 is 0 Å². The highest BCUT2D eigenvalue weighted by Gasteiger charge is 2.08. The molecular formula is C11H10ClFN2. The summed E-state index contributed by atoms with van der Waals surface area (Å²) in [5.41, 5.74) is 2.69. The Labute approximate surface area is 92.3 Å². The summed E-state index contributed by atoms with van der Waals surface area (Å²) in [4.78, 5) is 0. The number of nitrogens with zero attached hydrogens (tertiary/aromatic N) is 2. The number of hydrogen-bond acceptors (Lipinski definition) is 1. The number of rotatable bonds is 2. The Morgan fingerprint density at radius 1 is 1.33 bits per heavy atom. The van der Waals surface area contributed by atoms with E-state index in [0.717, 1.165) is 16.8 Å². The number of hydrogen-bond donors (Lipinski definition) is 0. The van der Waals surface area contributed by atoms with Gasteiger partial charge in [-0.3, -0.25) is 4.68 Å². The van der Waals surface area contributed by atoms with Gasteiger partial charge in [0.2, 0.25) is 0 Å². The minimum absolute atomic E-state index is 0.241. The van der Waals surface area contributed by atoms with E-state index in [4.69, 9.17) is 11.6 Å². The monoisotopic (exact) mass is 224 g/mol. The zero-order valence-corrected chi connectivity index (χ0v) is 9.00. The van der Waals surface area contributed by atoms with Gasteiger partial charge >= 0.3 is 0 Å². The molecule has 0 radical (unpaired) electrons. The molecule has 1 heterocycles. The Balaban J connectivity index is 2.48. The molecule has 0 aliphatic rings. The first-order valence-electron chi connectivity index (χ1n) is 4.55. The molecule has 2 aromatic rings. The van der Waals surface area contributed by atoms with E-state index >= 15 is 0 Å². The van der Waals surface area contributed by atoms with Crippen LogP contribution in [0.5, 0.6) is 0 Å². The molecule has 0 saturated carbocycles. The van der Waals surface area contributed by atoms with Gasteiger partial charge in [0.1, 0.15) is 5.82 Å². The maximum Gasteiger partial charge on any atom is 0.123 e. The van der Waals surface area contributed by atoms with Crippen molar-refractivity contribution in [2.75, 3.05) is 0 Å². The number of benzene rings is 1. The average molecular weight is 225 g/mol. The molecule has 1 aromatic carbocycles. The van der Waals surface area contributed by atoms with E-state index in [0.29, 0.717) is 5.88 Å². The largest absolute Gasteiger partial charge is 0.275 e. The molecule has 2 nitrogen and oxygen atoms in total. The van der Waals surface area contributed by atoms with E-state index in [2.05, 4.69) is 5.10 Å². The maximum atomic E-state index is 12.7. The predicted molar refractivity (Wildman–Crippen MR) is 58.2 cm³/mol. The van der Waals surface area contributed by atoms with Crippen LogP contribution in [0.4, 0.5) is 4.39 Å². The third-order valence-electron chi connectivity index (χ3n) is 2.19. The van der Waals surface area contributed by atoms with Crippen molar-refractivity contribution in [2.24, 2.45) is 7.05 Å². The average Bonchev–Trinajstić information content (AvgIpc) is 2.61. The fraction of sp³-hybridized carbons (Fsp3) is 0.182. The van der Waals surface area contributed by atoms with Crippen LogP contribution in [0.1, 0.15) is 5.69 Å². The lowest BCUT2D eigenvalue weighted by molar-refractivity contribution is 0.628. The summed E-state index contributed by atoms with van der Waals surface area (Å²) in [5.74, 6) is 0.114. The van der Waals surface area contributed by atoms with E-state index in [9.17, 15) is 4.39 Å². The van der Waals surface area contributed by atoms with E-state index < -0.39 is 0 Å². The molecule has 1 aromatic heterocycles. The molecule has 0 aliphatic heterocycles. The van der Waals surface area contributed by atoms with Crippen LogP contribution in [0.15, 0.2) is 30.5 Å². The van der Waals surface area contributed by atoms with Crippen LogP contribution in [0, 0.1) is 5.82 Å². The van der Waals surface area contributed by atoms with Gasteiger partial charge in [-0.05, 0) is 17.7 Å². The van der Waals surface area contributed by atoms with Crippen molar-refractivity contribution in [3.63, 3.8) is 0 Å². The SMILES string of the molecule is Cn1cc(-c2ccc(F)cc2)c(CCl)n1. The van der Waals surface area contributed by atoms with Gasteiger partial charge in [-0.15, -0.1) is 11.6 Å². The summed E-state index contributed by atoms with van der Waals surface area (Å²) >= 11 is 5.78.